The number of aryl methyl sites for hydroxylation is 2. The first kappa shape index (κ1) is 45.4. The molecule has 0 unspecified atom stereocenters. The number of benzene rings is 2. The van der Waals surface area contributed by atoms with Gasteiger partial charge in [0.25, 0.3) is 20.2 Å². The van der Waals surface area contributed by atoms with Crippen molar-refractivity contribution < 1.29 is 63.2 Å². The van der Waals surface area contributed by atoms with Crippen molar-refractivity contribution in [3.8, 4) is 0 Å². The molecule has 0 N–H and O–H groups in total. The molecule has 0 radical (unpaired) electrons. The number of amides is 1. The molecule has 52 heavy (non-hydrogen) atoms. The Labute approximate surface area is 308 Å². The Morgan fingerprint density at radius 2 is 0.788 bits per heavy atom. The minimum atomic E-state index is -3.82. The number of carbonyl (C=O) groups excluding carboxylic acids is 1. The van der Waals surface area contributed by atoms with Crippen LogP contribution in [0, 0.1) is 13.8 Å². The van der Waals surface area contributed by atoms with Gasteiger partial charge in [-0.2, -0.15) is 16.8 Å². The van der Waals surface area contributed by atoms with Gasteiger partial charge in [-0.05, 0) is 58.9 Å². The lowest BCUT2D eigenvalue weighted by Crippen LogP contribution is -2.40. The summed E-state index contributed by atoms with van der Waals surface area (Å²) in [5.74, 6) is 0. The Bertz CT molecular complexity index is 1380. The van der Waals surface area contributed by atoms with Crippen molar-refractivity contribution >= 4 is 26.3 Å². The average Bonchev–Trinajstić information content (AvgIpc) is 3.07. The normalized spacial score (nSPS) is 12.2. The average molecular weight is 778 g/mol. The van der Waals surface area contributed by atoms with Gasteiger partial charge in [-0.15, -0.1) is 0 Å². The van der Waals surface area contributed by atoms with E-state index in [1.165, 1.54) is 29.2 Å². The maximum Gasteiger partial charge on any atom is 0.410 e. The van der Waals surface area contributed by atoms with Gasteiger partial charge in [0.2, 0.25) is 0 Å². The van der Waals surface area contributed by atoms with Gasteiger partial charge in [-0.25, -0.2) is 4.79 Å². The molecule has 0 aliphatic rings. The summed E-state index contributed by atoms with van der Waals surface area (Å²) in [5.41, 5.74) is 1.25. The molecular weight excluding hydrogens is 723 g/mol. The van der Waals surface area contributed by atoms with Crippen LogP contribution in [0.2, 0.25) is 0 Å². The lowest BCUT2D eigenvalue weighted by molar-refractivity contribution is -0.0101. The molecular formula is C35H55NO14S2. The molecule has 1 amide bonds. The van der Waals surface area contributed by atoms with Gasteiger partial charge < -0.3 is 38.1 Å². The van der Waals surface area contributed by atoms with Crippen LogP contribution in [0.4, 0.5) is 4.79 Å². The summed E-state index contributed by atoms with van der Waals surface area (Å²) in [5, 5.41) is 0. The van der Waals surface area contributed by atoms with Crippen LogP contribution >= 0.6 is 0 Å². The standard InChI is InChI=1S/C35H55NO14S2/c1-30-6-10-32(11-7-30)51(38,39)48-28-26-46-24-22-44-20-18-42-16-14-36(34(37)50-35(3,4)5)15-17-43-19-21-45-23-25-47-27-29-49-52(40,41)33-12-8-31(2)9-13-33/h6-13H,14-29H2,1-5H3. The minimum absolute atomic E-state index is 0.0979. The molecule has 2 aromatic rings. The van der Waals surface area contributed by atoms with Crippen LogP contribution in [0.5, 0.6) is 0 Å². The molecule has 0 aliphatic heterocycles. The SMILES string of the molecule is Cc1ccc(S(=O)(=O)OCCOCCOCCOCCN(CCOCCOCCOCCOS(=O)(=O)c2ccc(C)cc2)C(=O)OC(C)(C)C)cc1. The summed E-state index contributed by atoms with van der Waals surface area (Å²) in [6.07, 6.45) is -0.479. The van der Waals surface area contributed by atoms with Crippen molar-refractivity contribution in [2.24, 2.45) is 0 Å². The van der Waals surface area contributed by atoms with Crippen LogP contribution < -0.4 is 0 Å². The van der Waals surface area contributed by atoms with Crippen LogP contribution in [0.15, 0.2) is 58.3 Å². The van der Waals surface area contributed by atoms with Crippen LogP contribution in [-0.2, 0) is 61.8 Å². The number of ether oxygens (including phenoxy) is 7. The van der Waals surface area contributed by atoms with Gasteiger partial charge in [-0.1, -0.05) is 35.4 Å². The van der Waals surface area contributed by atoms with Gasteiger partial charge in [0, 0.05) is 13.1 Å². The fourth-order valence-corrected chi connectivity index (χ4v) is 5.79. The third-order valence-corrected chi connectivity index (χ3v) is 9.36. The van der Waals surface area contributed by atoms with Crippen molar-refractivity contribution in [1.82, 2.24) is 4.90 Å². The minimum Gasteiger partial charge on any atom is -0.444 e. The van der Waals surface area contributed by atoms with E-state index >= 15 is 0 Å². The highest BCUT2D eigenvalue weighted by Gasteiger charge is 2.22. The summed E-state index contributed by atoms with van der Waals surface area (Å²) in [6.45, 7) is 12.5. The summed E-state index contributed by atoms with van der Waals surface area (Å²) in [6, 6.07) is 12.8. The maximum absolute atomic E-state index is 12.7. The lowest BCUT2D eigenvalue weighted by atomic mass is 10.2. The van der Waals surface area contributed by atoms with Gasteiger partial charge in [0.15, 0.2) is 0 Å². The number of hydrogen-bond donors (Lipinski definition) is 0. The molecule has 0 spiro atoms. The summed E-state index contributed by atoms with van der Waals surface area (Å²) in [4.78, 5) is 14.4. The third-order valence-electron chi connectivity index (χ3n) is 6.70. The highest BCUT2D eigenvalue weighted by Crippen LogP contribution is 2.14. The molecule has 0 saturated carbocycles. The first-order chi connectivity index (χ1) is 24.7. The molecule has 2 aromatic carbocycles. The smallest absolute Gasteiger partial charge is 0.410 e. The zero-order chi connectivity index (χ0) is 38.3. The Balaban J connectivity index is 1.48. The fraction of sp³-hybridized carbons (Fsp3) is 0.629. The predicted octanol–water partition coefficient (Wildman–Crippen LogP) is 3.75. The lowest BCUT2D eigenvalue weighted by Gasteiger charge is -2.27. The van der Waals surface area contributed by atoms with Crippen molar-refractivity contribution in [2.45, 2.75) is 50.0 Å². The first-order valence-electron chi connectivity index (χ1n) is 17.1. The van der Waals surface area contributed by atoms with E-state index in [1.807, 2.05) is 13.8 Å². The second-order valence-corrected chi connectivity index (χ2v) is 15.6. The van der Waals surface area contributed by atoms with Gasteiger partial charge in [0.05, 0.1) is 102 Å². The third kappa shape index (κ3) is 20.5. The molecule has 0 aliphatic carbocycles. The molecule has 0 heterocycles. The molecule has 17 heteroatoms. The van der Waals surface area contributed by atoms with Gasteiger partial charge in [-0.3, -0.25) is 8.37 Å². The summed E-state index contributed by atoms with van der Waals surface area (Å²) < 4.78 is 97.0. The van der Waals surface area contributed by atoms with Crippen LogP contribution in [0.3, 0.4) is 0 Å². The van der Waals surface area contributed by atoms with Crippen molar-refractivity contribution in [1.29, 1.82) is 0 Å². The molecule has 0 atom stereocenters. The Kier molecular flexibility index (Phi) is 21.5. The molecule has 0 aromatic heterocycles. The van der Waals surface area contributed by atoms with Gasteiger partial charge in [0.1, 0.15) is 5.60 Å². The van der Waals surface area contributed by atoms with Crippen molar-refractivity contribution in [3.63, 3.8) is 0 Å². The molecule has 296 valence electrons. The topological polar surface area (TPSA) is 172 Å². The second-order valence-electron chi connectivity index (χ2n) is 12.3. The number of hydrogen-bond acceptors (Lipinski definition) is 14. The Hall–Kier alpha value is -2.71. The number of nitrogens with zero attached hydrogens (tertiary/aromatic N) is 1. The maximum atomic E-state index is 12.7. The Morgan fingerprint density at radius 1 is 0.500 bits per heavy atom. The zero-order valence-electron chi connectivity index (χ0n) is 30.9. The Morgan fingerprint density at radius 3 is 1.10 bits per heavy atom. The zero-order valence-corrected chi connectivity index (χ0v) is 32.5. The monoisotopic (exact) mass is 777 g/mol. The molecule has 0 fully saturated rings. The number of carbonyl (C=O) groups is 1. The van der Waals surface area contributed by atoms with E-state index in [1.54, 1.807) is 45.0 Å². The van der Waals surface area contributed by atoms with E-state index in [4.69, 9.17) is 41.5 Å². The highest BCUT2D eigenvalue weighted by atomic mass is 32.2. The summed E-state index contributed by atoms with van der Waals surface area (Å²) >= 11 is 0. The fourth-order valence-electron chi connectivity index (χ4n) is 4.01. The molecule has 15 nitrogen and oxygen atoms in total. The highest BCUT2D eigenvalue weighted by molar-refractivity contribution is 7.87. The van der Waals surface area contributed by atoms with E-state index in [2.05, 4.69) is 0 Å². The van der Waals surface area contributed by atoms with E-state index < -0.39 is 31.9 Å². The molecule has 0 bridgehead atoms. The van der Waals surface area contributed by atoms with Crippen LogP contribution in [0.1, 0.15) is 31.9 Å². The second kappa shape index (κ2) is 24.6. The van der Waals surface area contributed by atoms with E-state index in [-0.39, 0.29) is 75.7 Å². The largest absolute Gasteiger partial charge is 0.444 e. The van der Waals surface area contributed by atoms with E-state index in [0.29, 0.717) is 39.6 Å². The van der Waals surface area contributed by atoms with Crippen LogP contribution in [-0.4, -0.2) is 139 Å². The van der Waals surface area contributed by atoms with Crippen molar-refractivity contribution in [2.75, 3.05) is 106 Å². The first-order valence-corrected chi connectivity index (χ1v) is 19.9. The van der Waals surface area contributed by atoms with Crippen LogP contribution in [0.25, 0.3) is 0 Å². The number of rotatable bonds is 28. The predicted molar refractivity (Wildman–Crippen MR) is 191 cm³/mol. The van der Waals surface area contributed by atoms with E-state index in [9.17, 15) is 21.6 Å². The molecule has 2 rings (SSSR count). The van der Waals surface area contributed by atoms with Crippen molar-refractivity contribution in [3.05, 3.63) is 59.7 Å². The molecule has 0 saturated heterocycles. The van der Waals surface area contributed by atoms with Gasteiger partial charge >= 0.3 is 6.09 Å². The van der Waals surface area contributed by atoms with E-state index in [0.717, 1.165) is 11.1 Å². The quantitative estimate of drug-likeness (QED) is 0.0904. The summed E-state index contributed by atoms with van der Waals surface area (Å²) in [7, 11) is -7.65.